The molecular weight excluding hydrogens is 287 g/mol. The highest BCUT2D eigenvalue weighted by molar-refractivity contribution is 6.42. The first-order chi connectivity index (χ1) is 10.4. The number of hydrogen-bond acceptors (Lipinski definition) is 3. The van der Waals surface area contributed by atoms with E-state index < -0.39 is 17.6 Å². The number of Topliss-reactive ketones (excluding diaryl/α,β-unsaturated/α-hetero) is 1. The van der Waals surface area contributed by atoms with Crippen LogP contribution in [-0.2, 0) is 20.8 Å². The quantitative estimate of drug-likeness (QED) is 0.599. The van der Waals surface area contributed by atoms with Gasteiger partial charge in [0.2, 0.25) is 11.7 Å². The predicted molar refractivity (Wildman–Crippen MR) is 78.5 cm³/mol. The molecule has 2 amide bonds. The standard InChI is InChI=1S/C16H19FN2O3/c1-18(9-3-4-11-5-7-12(17)8-6-11)15(21)13-10-19(2)16(22)14(13)20/h5-8,13H,3-4,9-10H2,1-2H3. The molecule has 1 fully saturated rings. The van der Waals surface area contributed by atoms with Crippen LogP contribution in [0.1, 0.15) is 12.0 Å². The molecule has 0 saturated carbocycles. The van der Waals surface area contributed by atoms with Gasteiger partial charge in [-0.1, -0.05) is 12.1 Å². The Balaban J connectivity index is 1.83. The van der Waals surface area contributed by atoms with Crippen molar-refractivity contribution in [2.75, 3.05) is 27.2 Å². The second-order valence-electron chi connectivity index (χ2n) is 5.59. The van der Waals surface area contributed by atoms with Crippen LogP contribution in [0.4, 0.5) is 4.39 Å². The Morgan fingerprint density at radius 2 is 1.95 bits per heavy atom. The number of hydrogen-bond donors (Lipinski definition) is 0. The number of ketones is 1. The average Bonchev–Trinajstić information content (AvgIpc) is 2.76. The molecule has 1 aliphatic rings. The van der Waals surface area contributed by atoms with Crippen LogP contribution >= 0.6 is 0 Å². The van der Waals surface area contributed by atoms with Crippen molar-refractivity contribution < 1.29 is 18.8 Å². The van der Waals surface area contributed by atoms with Crippen LogP contribution in [0, 0.1) is 11.7 Å². The molecule has 1 unspecified atom stereocenters. The lowest BCUT2D eigenvalue weighted by Gasteiger charge is -2.20. The zero-order chi connectivity index (χ0) is 16.3. The molecule has 1 aromatic rings. The summed E-state index contributed by atoms with van der Waals surface area (Å²) in [6.45, 7) is 0.636. The lowest BCUT2D eigenvalue weighted by Crippen LogP contribution is -2.37. The summed E-state index contributed by atoms with van der Waals surface area (Å²) in [7, 11) is 3.14. The number of likely N-dealkylation sites (tertiary alicyclic amines) is 1. The Morgan fingerprint density at radius 1 is 1.32 bits per heavy atom. The maximum absolute atomic E-state index is 12.8. The molecule has 1 heterocycles. The summed E-state index contributed by atoms with van der Waals surface area (Å²) >= 11 is 0. The van der Waals surface area contributed by atoms with Gasteiger partial charge >= 0.3 is 0 Å². The Kier molecular flexibility index (Phi) is 4.90. The number of carbonyl (C=O) groups is 3. The third kappa shape index (κ3) is 3.50. The summed E-state index contributed by atoms with van der Waals surface area (Å²) in [4.78, 5) is 38.1. The summed E-state index contributed by atoms with van der Waals surface area (Å²) in [5.41, 5.74) is 0.995. The van der Waals surface area contributed by atoms with Crippen molar-refractivity contribution in [3.8, 4) is 0 Å². The normalized spacial score (nSPS) is 18.0. The predicted octanol–water partition coefficient (Wildman–Crippen LogP) is 0.874. The average molecular weight is 306 g/mol. The largest absolute Gasteiger partial charge is 0.345 e. The maximum Gasteiger partial charge on any atom is 0.290 e. The van der Waals surface area contributed by atoms with Crippen molar-refractivity contribution in [1.82, 2.24) is 9.80 Å². The number of likely N-dealkylation sites (N-methyl/N-ethyl adjacent to an activating group) is 1. The Labute approximate surface area is 128 Å². The fourth-order valence-electron chi connectivity index (χ4n) is 2.51. The number of halogens is 1. The summed E-state index contributed by atoms with van der Waals surface area (Å²) in [6.07, 6.45) is 1.42. The minimum Gasteiger partial charge on any atom is -0.345 e. The van der Waals surface area contributed by atoms with Gasteiger partial charge < -0.3 is 9.80 Å². The van der Waals surface area contributed by atoms with Crippen molar-refractivity contribution in [1.29, 1.82) is 0 Å². The number of aryl methyl sites for hydroxylation is 1. The van der Waals surface area contributed by atoms with E-state index in [2.05, 4.69) is 0 Å². The molecule has 0 bridgehead atoms. The number of nitrogens with zero attached hydrogens (tertiary/aromatic N) is 2. The van der Waals surface area contributed by atoms with Crippen LogP contribution in [0.2, 0.25) is 0 Å². The van der Waals surface area contributed by atoms with Crippen LogP contribution in [0.5, 0.6) is 0 Å². The van der Waals surface area contributed by atoms with E-state index >= 15 is 0 Å². The molecule has 118 valence electrons. The number of carbonyl (C=O) groups excluding carboxylic acids is 3. The van der Waals surface area contributed by atoms with E-state index in [9.17, 15) is 18.8 Å². The minimum atomic E-state index is -0.881. The molecule has 5 nitrogen and oxygen atoms in total. The summed E-state index contributed by atoms with van der Waals surface area (Å²) in [5, 5.41) is 0. The smallest absolute Gasteiger partial charge is 0.290 e. The molecule has 0 spiro atoms. The van der Waals surface area contributed by atoms with Crippen molar-refractivity contribution >= 4 is 17.6 Å². The van der Waals surface area contributed by atoms with E-state index in [0.717, 1.165) is 12.0 Å². The molecule has 2 rings (SSSR count). The first kappa shape index (κ1) is 16.1. The molecule has 0 aromatic heterocycles. The van der Waals surface area contributed by atoms with Crippen LogP contribution in [0.3, 0.4) is 0 Å². The molecule has 0 N–H and O–H groups in total. The molecule has 1 atom stereocenters. The molecule has 0 aliphatic carbocycles. The van der Waals surface area contributed by atoms with Gasteiger partial charge in [-0.3, -0.25) is 14.4 Å². The lowest BCUT2D eigenvalue weighted by atomic mass is 10.1. The zero-order valence-electron chi connectivity index (χ0n) is 12.7. The van der Waals surface area contributed by atoms with E-state index in [1.807, 2.05) is 0 Å². The van der Waals surface area contributed by atoms with Crippen molar-refractivity contribution in [2.24, 2.45) is 5.92 Å². The van der Waals surface area contributed by atoms with E-state index in [4.69, 9.17) is 0 Å². The van der Waals surface area contributed by atoms with Gasteiger partial charge in [0.05, 0.1) is 0 Å². The third-order valence-electron chi connectivity index (χ3n) is 3.88. The molecule has 6 heteroatoms. The monoisotopic (exact) mass is 306 g/mol. The van der Waals surface area contributed by atoms with Gasteiger partial charge in [0.1, 0.15) is 11.7 Å². The molecule has 22 heavy (non-hydrogen) atoms. The van der Waals surface area contributed by atoms with Crippen molar-refractivity contribution in [3.05, 3.63) is 35.6 Å². The molecular formula is C16H19FN2O3. The van der Waals surface area contributed by atoms with Crippen LogP contribution in [-0.4, -0.2) is 54.6 Å². The van der Waals surface area contributed by atoms with E-state index in [-0.39, 0.29) is 18.3 Å². The van der Waals surface area contributed by atoms with Gasteiger partial charge in [0, 0.05) is 27.2 Å². The van der Waals surface area contributed by atoms with Crippen LogP contribution in [0.15, 0.2) is 24.3 Å². The third-order valence-corrected chi connectivity index (χ3v) is 3.88. The summed E-state index contributed by atoms with van der Waals surface area (Å²) < 4.78 is 12.8. The molecule has 1 aromatic carbocycles. The maximum atomic E-state index is 12.8. The molecule has 1 saturated heterocycles. The second-order valence-corrected chi connectivity index (χ2v) is 5.59. The number of rotatable bonds is 5. The van der Waals surface area contributed by atoms with Gasteiger partial charge in [-0.15, -0.1) is 0 Å². The highest BCUT2D eigenvalue weighted by Gasteiger charge is 2.42. The highest BCUT2D eigenvalue weighted by atomic mass is 19.1. The zero-order valence-corrected chi connectivity index (χ0v) is 12.7. The fourth-order valence-corrected chi connectivity index (χ4v) is 2.51. The van der Waals surface area contributed by atoms with Gasteiger partial charge in [-0.25, -0.2) is 4.39 Å². The fraction of sp³-hybridized carbons (Fsp3) is 0.438. The van der Waals surface area contributed by atoms with Gasteiger partial charge in [-0.05, 0) is 30.5 Å². The van der Waals surface area contributed by atoms with E-state index in [1.165, 1.54) is 29.0 Å². The van der Waals surface area contributed by atoms with E-state index in [1.54, 1.807) is 19.2 Å². The van der Waals surface area contributed by atoms with Crippen molar-refractivity contribution in [2.45, 2.75) is 12.8 Å². The number of amides is 2. The number of benzene rings is 1. The van der Waals surface area contributed by atoms with Crippen LogP contribution in [0.25, 0.3) is 0 Å². The van der Waals surface area contributed by atoms with Crippen LogP contribution < -0.4 is 0 Å². The first-order valence-electron chi connectivity index (χ1n) is 7.19. The van der Waals surface area contributed by atoms with Gasteiger partial charge in [0.25, 0.3) is 5.91 Å². The SMILES string of the molecule is CN1CC(C(=O)N(C)CCCc2ccc(F)cc2)C(=O)C1=O. The Morgan fingerprint density at radius 3 is 2.50 bits per heavy atom. The lowest BCUT2D eigenvalue weighted by molar-refractivity contribution is -0.144. The van der Waals surface area contributed by atoms with Gasteiger partial charge in [-0.2, -0.15) is 0 Å². The minimum absolute atomic E-state index is 0.152. The summed E-state index contributed by atoms with van der Waals surface area (Å²) in [6, 6.07) is 6.24. The topological polar surface area (TPSA) is 57.7 Å². The highest BCUT2D eigenvalue weighted by Crippen LogP contribution is 2.15. The summed E-state index contributed by atoms with van der Waals surface area (Å²) in [5.74, 6) is -2.70. The molecule has 1 aliphatic heterocycles. The first-order valence-corrected chi connectivity index (χ1v) is 7.19. The Bertz CT molecular complexity index is 586. The second kappa shape index (κ2) is 6.68. The van der Waals surface area contributed by atoms with E-state index in [0.29, 0.717) is 13.0 Å². The Hall–Kier alpha value is -2.24. The van der Waals surface area contributed by atoms with Crippen molar-refractivity contribution in [3.63, 3.8) is 0 Å². The van der Waals surface area contributed by atoms with Gasteiger partial charge in [0.15, 0.2) is 0 Å². The molecule has 0 radical (unpaired) electrons.